The van der Waals surface area contributed by atoms with Crippen molar-refractivity contribution in [3.05, 3.63) is 75.4 Å². The summed E-state index contributed by atoms with van der Waals surface area (Å²) in [6, 6.07) is 20.4. The maximum atomic E-state index is 2.38. The molecule has 4 aromatic carbocycles. The Bertz CT molecular complexity index is 1100. The second kappa shape index (κ2) is 4.56. The van der Waals surface area contributed by atoms with Crippen molar-refractivity contribution in [2.24, 2.45) is 0 Å². The Balaban J connectivity index is 1.96. The van der Waals surface area contributed by atoms with E-state index >= 15 is 0 Å². The number of hydrogen-bond donors (Lipinski definition) is 0. The number of rotatable bonds is 0. The van der Waals surface area contributed by atoms with Gasteiger partial charge in [-0.25, -0.2) is 0 Å². The average molecular weight is 392 g/mol. The van der Waals surface area contributed by atoms with E-state index in [1.807, 2.05) is 0 Å². The van der Waals surface area contributed by atoms with Crippen LogP contribution in [0.2, 0.25) is 0 Å². The highest BCUT2D eigenvalue weighted by Crippen LogP contribution is 2.35. The summed E-state index contributed by atoms with van der Waals surface area (Å²) in [4.78, 5) is 0. The first kappa shape index (κ1) is 12.7. The number of hydrogen-bond acceptors (Lipinski definition) is 0. The molecule has 22 heavy (non-hydrogen) atoms. The van der Waals surface area contributed by atoms with Gasteiger partial charge in [-0.1, -0.05) is 42.5 Å². The molecule has 0 fully saturated rings. The lowest BCUT2D eigenvalue weighted by Gasteiger charge is -2.10. The first-order valence-corrected chi connectivity index (χ1v) is 8.62. The molecule has 5 rings (SSSR count). The van der Waals surface area contributed by atoms with Crippen LogP contribution >= 0.6 is 22.6 Å². The largest absolute Gasteiger partial charge is 0.0795 e. The van der Waals surface area contributed by atoms with Crippen molar-refractivity contribution in [1.82, 2.24) is 0 Å². The van der Waals surface area contributed by atoms with Gasteiger partial charge in [-0.15, -0.1) is 0 Å². The zero-order valence-electron chi connectivity index (χ0n) is 11.9. The fourth-order valence-corrected chi connectivity index (χ4v) is 4.12. The van der Waals surface area contributed by atoms with Crippen molar-refractivity contribution in [2.75, 3.05) is 0 Å². The van der Waals surface area contributed by atoms with Crippen molar-refractivity contribution in [3.63, 3.8) is 0 Å². The molecule has 0 nitrogen and oxygen atoms in total. The molecule has 0 saturated carbocycles. The van der Waals surface area contributed by atoms with Crippen LogP contribution in [-0.4, -0.2) is 0 Å². The molecule has 0 heterocycles. The van der Waals surface area contributed by atoms with Gasteiger partial charge >= 0.3 is 0 Å². The van der Waals surface area contributed by atoms with Crippen molar-refractivity contribution in [3.8, 4) is 0 Å². The van der Waals surface area contributed by atoms with E-state index in [-0.39, 0.29) is 0 Å². The van der Waals surface area contributed by atoms with Gasteiger partial charge in [-0.3, -0.25) is 0 Å². The number of allylic oxidation sites excluding steroid dienone is 1. The number of benzene rings is 4. The van der Waals surface area contributed by atoms with Gasteiger partial charge in [0.05, 0.1) is 0 Å². The zero-order valence-corrected chi connectivity index (χ0v) is 14.1. The van der Waals surface area contributed by atoms with Gasteiger partial charge in [0.15, 0.2) is 0 Å². The van der Waals surface area contributed by atoms with Crippen LogP contribution in [0.15, 0.2) is 60.7 Å². The predicted molar refractivity (Wildman–Crippen MR) is 104 cm³/mol. The molecule has 0 bridgehead atoms. The van der Waals surface area contributed by atoms with Crippen LogP contribution in [0.5, 0.6) is 0 Å². The Morgan fingerprint density at radius 3 is 2.50 bits per heavy atom. The van der Waals surface area contributed by atoms with Crippen LogP contribution in [0.25, 0.3) is 38.4 Å². The molecule has 0 atom stereocenters. The van der Waals surface area contributed by atoms with Crippen molar-refractivity contribution in [2.45, 2.75) is 6.42 Å². The minimum absolute atomic E-state index is 1.07. The van der Waals surface area contributed by atoms with Gasteiger partial charge in [-0.05, 0) is 96.7 Å². The molecule has 104 valence electrons. The summed E-state index contributed by atoms with van der Waals surface area (Å²) in [6.45, 7) is 0. The summed E-state index contributed by atoms with van der Waals surface area (Å²) in [5, 5.41) is 8.06. The lowest BCUT2D eigenvalue weighted by Crippen LogP contribution is -1.86. The van der Waals surface area contributed by atoms with Crippen molar-refractivity contribution in [1.29, 1.82) is 0 Å². The van der Waals surface area contributed by atoms with E-state index in [4.69, 9.17) is 0 Å². The monoisotopic (exact) mass is 392 g/mol. The van der Waals surface area contributed by atoms with Crippen molar-refractivity contribution >= 4 is 61.0 Å². The summed E-state index contributed by atoms with van der Waals surface area (Å²) in [5.74, 6) is 0. The third-order valence-electron chi connectivity index (χ3n) is 4.69. The van der Waals surface area contributed by atoms with Gasteiger partial charge in [-0.2, -0.15) is 0 Å². The van der Waals surface area contributed by atoms with Crippen LogP contribution in [0.4, 0.5) is 0 Å². The summed E-state index contributed by atoms with van der Waals surface area (Å²) < 4.78 is 1.29. The van der Waals surface area contributed by atoms with E-state index in [1.165, 1.54) is 47.0 Å². The smallest absolute Gasteiger partial charge is 0.0136 e. The van der Waals surface area contributed by atoms with Crippen LogP contribution in [0.3, 0.4) is 0 Å². The maximum absolute atomic E-state index is 2.38. The SMILES string of the molecule is Ic1ccc2cc3c(ccc4c5c(ccc43)CC=C5)cc2c1. The van der Waals surface area contributed by atoms with E-state index < -0.39 is 0 Å². The zero-order chi connectivity index (χ0) is 14.7. The molecule has 0 N–H and O–H groups in total. The molecular weight excluding hydrogens is 379 g/mol. The maximum Gasteiger partial charge on any atom is 0.0136 e. The minimum atomic E-state index is 1.07. The van der Waals surface area contributed by atoms with E-state index in [1.54, 1.807) is 0 Å². The Labute approximate surface area is 142 Å². The van der Waals surface area contributed by atoms with Crippen LogP contribution in [0.1, 0.15) is 11.1 Å². The van der Waals surface area contributed by atoms with E-state index in [9.17, 15) is 0 Å². The lowest BCUT2D eigenvalue weighted by molar-refractivity contribution is 1.32. The van der Waals surface area contributed by atoms with Gasteiger partial charge < -0.3 is 0 Å². The molecule has 1 aliphatic carbocycles. The highest BCUT2D eigenvalue weighted by molar-refractivity contribution is 14.1. The molecule has 1 aliphatic rings. The van der Waals surface area contributed by atoms with Gasteiger partial charge in [0.2, 0.25) is 0 Å². The fourth-order valence-electron chi connectivity index (χ4n) is 3.60. The third-order valence-corrected chi connectivity index (χ3v) is 5.36. The van der Waals surface area contributed by atoms with Crippen molar-refractivity contribution < 1.29 is 0 Å². The molecule has 0 aliphatic heterocycles. The lowest BCUT2D eigenvalue weighted by atomic mass is 9.94. The molecule has 4 aromatic rings. The topological polar surface area (TPSA) is 0 Å². The number of halogens is 1. The minimum Gasteiger partial charge on any atom is -0.0795 e. The molecular formula is C21H13I. The number of fused-ring (bicyclic) bond motifs is 6. The Kier molecular flexibility index (Phi) is 2.62. The quantitative estimate of drug-likeness (QED) is 0.187. The second-order valence-electron chi connectivity index (χ2n) is 5.97. The van der Waals surface area contributed by atoms with Crippen LogP contribution in [-0.2, 0) is 6.42 Å². The molecule has 0 unspecified atom stereocenters. The fraction of sp³-hybridized carbons (Fsp3) is 0.0476. The highest BCUT2D eigenvalue weighted by Gasteiger charge is 2.11. The Hall–Kier alpha value is -1.87. The summed E-state index contributed by atoms with van der Waals surface area (Å²) in [5.41, 5.74) is 2.85. The van der Waals surface area contributed by atoms with Gasteiger partial charge in [0.25, 0.3) is 0 Å². The second-order valence-corrected chi connectivity index (χ2v) is 7.22. The van der Waals surface area contributed by atoms with E-state index in [0.717, 1.165) is 6.42 Å². The van der Waals surface area contributed by atoms with Crippen LogP contribution < -0.4 is 0 Å². The normalized spacial score (nSPS) is 13.3. The van der Waals surface area contributed by atoms with E-state index in [0.29, 0.717) is 0 Å². The summed E-state index contributed by atoms with van der Waals surface area (Å²) >= 11 is 2.38. The Morgan fingerprint density at radius 1 is 0.682 bits per heavy atom. The molecule has 1 heteroatoms. The standard InChI is InChI=1S/C21H13I/c22-17-7-4-14-12-21-15(10-16(14)11-17)6-9-19-18-3-1-2-13(18)5-8-20(19)21/h1,3-12H,2H2. The first-order valence-electron chi connectivity index (χ1n) is 7.54. The molecule has 0 saturated heterocycles. The molecule has 0 radical (unpaired) electrons. The molecule has 0 spiro atoms. The average Bonchev–Trinajstić information content (AvgIpc) is 3.01. The van der Waals surface area contributed by atoms with Gasteiger partial charge in [0, 0.05) is 3.57 Å². The molecule has 0 amide bonds. The highest BCUT2D eigenvalue weighted by atomic mass is 127. The Morgan fingerprint density at radius 2 is 1.55 bits per heavy atom. The van der Waals surface area contributed by atoms with Crippen LogP contribution in [0, 0.1) is 3.57 Å². The summed E-state index contributed by atoms with van der Waals surface area (Å²) in [7, 11) is 0. The first-order chi connectivity index (χ1) is 10.8. The summed E-state index contributed by atoms with van der Waals surface area (Å²) in [6.07, 6.45) is 5.60. The predicted octanol–water partition coefficient (Wildman–Crippen LogP) is 6.32. The third kappa shape index (κ3) is 1.75. The van der Waals surface area contributed by atoms with E-state index in [2.05, 4.69) is 89.3 Å². The molecule has 0 aromatic heterocycles. The van der Waals surface area contributed by atoms with Gasteiger partial charge in [0.1, 0.15) is 0 Å².